The van der Waals surface area contributed by atoms with Crippen LogP contribution in [0.1, 0.15) is 74.7 Å². The van der Waals surface area contributed by atoms with E-state index in [4.69, 9.17) is 0 Å². The standard InChI is InChI=1S/C29H38N6O/c1-7-25(27-31-32-33-35(27)29(5,6)8-2)34(15-14-22-12-10-9-11-13-22)19-24-18-23-17-20(3)16-21(4)26(23)30-28(24)36/h9-13,16-18,25H,7-8,14-15,19H2,1-6H3,(H,30,36)/t25-/m0/s1. The van der Waals surface area contributed by atoms with Crippen molar-refractivity contribution in [3.63, 3.8) is 0 Å². The topological polar surface area (TPSA) is 79.7 Å². The van der Waals surface area contributed by atoms with Crippen LogP contribution in [0.2, 0.25) is 0 Å². The average molecular weight is 487 g/mol. The van der Waals surface area contributed by atoms with Crippen molar-refractivity contribution in [2.24, 2.45) is 0 Å². The SMILES string of the molecule is CC[C@@H](c1nnnn1C(C)(C)CC)N(CCc1ccccc1)Cc1cc2cc(C)cc(C)c2[nH]c1=O. The summed E-state index contributed by atoms with van der Waals surface area (Å²) in [6.07, 6.45) is 2.62. The minimum atomic E-state index is -0.202. The lowest BCUT2D eigenvalue weighted by Gasteiger charge is -2.33. The molecule has 7 nitrogen and oxygen atoms in total. The summed E-state index contributed by atoms with van der Waals surface area (Å²) in [5.41, 5.74) is 4.96. The maximum Gasteiger partial charge on any atom is 0.252 e. The van der Waals surface area contributed by atoms with Gasteiger partial charge in [0.2, 0.25) is 0 Å². The Kier molecular flexibility index (Phi) is 7.69. The largest absolute Gasteiger partial charge is 0.321 e. The Morgan fingerprint density at radius 1 is 1.08 bits per heavy atom. The van der Waals surface area contributed by atoms with E-state index in [0.717, 1.165) is 53.7 Å². The van der Waals surface area contributed by atoms with Crippen molar-refractivity contribution in [3.8, 4) is 0 Å². The number of hydrogen-bond donors (Lipinski definition) is 1. The van der Waals surface area contributed by atoms with Gasteiger partial charge >= 0.3 is 0 Å². The summed E-state index contributed by atoms with van der Waals surface area (Å²) in [6.45, 7) is 14.1. The minimum absolute atomic E-state index is 0.0242. The zero-order valence-electron chi connectivity index (χ0n) is 22.4. The normalized spacial score (nSPS) is 13.0. The molecule has 0 aliphatic carbocycles. The monoisotopic (exact) mass is 486 g/mol. The quantitative estimate of drug-likeness (QED) is 0.321. The number of aromatic amines is 1. The van der Waals surface area contributed by atoms with Gasteiger partial charge in [0.1, 0.15) is 0 Å². The molecule has 1 atom stereocenters. The summed E-state index contributed by atoms with van der Waals surface area (Å²) in [7, 11) is 0. The van der Waals surface area contributed by atoms with Crippen molar-refractivity contribution in [2.45, 2.75) is 78.9 Å². The van der Waals surface area contributed by atoms with Gasteiger partial charge in [0.25, 0.3) is 5.56 Å². The number of rotatable bonds is 10. The molecule has 0 saturated heterocycles. The number of aryl methyl sites for hydroxylation is 2. The molecule has 2 aromatic heterocycles. The summed E-state index contributed by atoms with van der Waals surface area (Å²) in [4.78, 5) is 18.7. The van der Waals surface area contributed by atoms with Gasteiger partial charge in [0.05, 0.1) is 17.1 Å². The molecule has 4 aromatic rings. The molecular formula is C29H38N6O. The third kappa shape index (κ3) is 5.41. The van der Waals surface area contributed by atoms with E-state index in [-0.39, 0.29) is 17.1 Å². The summed E-state index contributed by atoms with van der Waals surface area (Å²) < 4.78 is 1.97. The molecule has 0 bridgehead atoms. The van der Waals surface area contributed by atoms with Crippen LogP contribution < -0.4 is 5.56 Å². The number of nitrogens with one attached hydrogen (secondary N) is 1. The van der Waals surface area contributed by atoms with Crippen molar-refractivity contribution < 1.29 is 0 Å². The molecular weight excluding hydrogens is 448 g/mol. The first kappa shape index (κ1) is 25.8. The average Bonchev–Trinajstić information content (AvgIpc) is 3.35. The van der Waals surface area contributed by atoms with E-state index >= 15 is 0 Å². The van der Waals surface area contributed by atoms with E-state index in [1.165, 1.54) is 11.1 Å². The molecule has 0 aliphatic heterocycles. The highest BCUT2D eigenvalue weighted by Gasteiger charge is 2.31. The number of aromatic nitrogens is 5. The molecule has 190 valence electrons. The first-order chi connectivity index (χ1) is 17.2. The van der Waals surface area contributed by atoms with Crippen molar-refractivity contribution in [2.75, 3.05) is 6.54 Å². The number of fused-ring (bicyclic) bond motifs is 1. The second kappa shape index (κ2) is 10.7. The molecule has 7 heteroatoms. The maximum atomic E-state index is 13.2. The lowest BCUT2D eigenvalue weighted by molar-refractivity contribution is 0.160. The lowest BCUT2D eigenvalue weighted by Crippen LogP contribution is -2.37. The molecule has 0 unspecified atom stereocenters. The Balaban J connectivity index is 1.74. The number of nitrogens with zero attached hydrogens (tertiary/aromatic N) is 5. The molecule has 0 spiro atoms. The summed E-state index contributed by atoms with van der Waals surface area (Å²) >= 11 is 0. The third-order valence-corrected chi connectivity index (χ3v) is 7.33. The van der Waals surface area contributed by atoms with E-state index < -0.39 is 0 Å². The first-order valence-electron chi connectivity index (χ1n) is 12.9. The van der Waals surface area contributed by atoms with Gasteiger partial charge in [-0.05, 0) is 86.0 Å². The minimum Gasteiger partial charge on any atom is -0.321 e. The van der Waals surface area contributed by atoms with E-state index in [9.17, 15) is 4.79 Å². The smallest absolute Gasteiger partial charge is 0.252 e. The van der Waals surface area contributed by atoms with Crippen molar-refractivity contribution in [1.82, 2.24) is 30.1 Å². The van der Waals surface area contributed by atoms with Crippen LogP contribution in [0.5, 0.6) is 0 Å². The molecule has 36 heavy (non-hydrogen) atoms. The molecule has 2 heterocycles. The van der Waals surface area contributed by atoms with Crippen LogP contribution in [0.3, 0.4) is 0 Å². The van der Waals surface area contributed by atoms with Crippen molar-refractivity contribution >= 4 is 10.9 Å². The summed E-state index contributed by atoms with van der Waals surface area (Å²) in [5, 5.41) is 14.0. The van der Waals surface area contributed by atoms with Crippen LogP contribution in [-0.2, 0) is 18.5 Å². The molecule has 0 saturated carbocycles. The fourth-order valence-electron chi connectivity index (χ4n) is 4.92. The predicted molar refractivity (Wildman–Crippen MR) is 145 cm³/mol. The maximum absolute atomic E-state index is 13.2. The lowest BCUT2D eigenvalue weighted by atomic mass is 10.0. The summed E-state index contributed by atoms with van der Waals surface area (Å²) in [6, 6.07) is 16.7. The molecule has 2 aromatic carbocycles. The Morgan fingerprint density at radius 2 is 1.83 bits per heavy atom. The molecule has 4 rings (SSSR count). The number of H-pyrrole nitrogens is 1. The molecule has 0 amide bonds. The second-order valence-electron chi connectivity index (χ2n) is 10.4. The Morgan fingerprint density at radius 3 is 2.53 bits per heavy atom. The fourth-order valence-corrected chi connectivity index (χ4v) is 4.92. The zero-order valence-corrected chi connectivity index (χ0v) is 22.4. The van der Waals surface area contributed by atoms with Gasteiger partial charge in [-0.15, -0.1) is 5.10 Å². The van der Waals surface area contributed by atoms with Crippen LogP contribution in [0.15, 0.2) is 53.3 Å². The third-order valence-electron chi connectivity index (χ3n) is 7.33. The number of pyridine rings is 1. The van der Waals surface area contributed by atoms with Gasteiger partial charge in [0, 0.05) is 18.7 Å². The Labute approximate surface area is 213 Å². The number of tetrazole rings is 1. The zero-order chi connectivity index (χ0) is 25.9. The van der Waals surface area contributed by atoms with E-state index in [0.29, 0.717) is 6.54 Å². The second-order valence-corrected chi connectivity index (χ2v) is 10.4. The highest BCUT2D eigenvalue weighted by molar-refractivity contribution is 5.82. The van der Waals surface area contributed by atoms with Gasteiger partial charge in [-0.25, -0.2) is 4.68 Å². The fraction of sp³-hybridized carbons (Fsp3) is 0.448. The van der Waals surface area contributed by atoms with Crippen LogP contribution in [0.4, 0.5) is 0 Å². The predicted octanol–water partition coefficient (Wildman–Crippen LogP) is 5.47. The van der Waals surface area contributed by atoms with E-state index in [2.05, 4.69) is 102 Å². The molecule has 1 N–H and O–H groups in total. The van der Waals surface area contributed by atoms with Crippen LogP contribution in [0.25, 0.3) is 10.9 Å². The van der Waals surface area contributed by atoms with Gasteiger partial charge < -0.3 is 4.98 Å². The number of hydrogen-bond acceptors (Lipinski definition) is 5. The molecule has 0 fully saturated rings. The highest BCUT2D eigenvalue weighted by atomic mass is 16.1. The molecule has 0 aliphatic rings. The van der Waals surface area contributed by atoms with Crippen LogP contribution >= 0.6 is 0 Å². The van der Waals surface area contributed by atoms with Gasteiger partial charge in [-0.3, -0.25) is 9.69 Å². The first-order valence-corrected chi connectivity index (χ1v) is 12.9. The van der Waals surface area contributed by atoms with Gasteiger partial charge in [-0.2, -0.15) is 0 Å². The van der Waals surface area contributed by atoms with E-state index in [1.807, 2.05) is 17.7 Å². The number of benzene rings is 2. The summed E-state index contributed by atoms with van der Waals surface area (Å²) in [5.74, 6) is 0.848. The highest BCUT2D eigenvalue weighted by Crippen LogP contribution is 2.29. The van der Waals surface area contributed by atoms with E-state index in [1.54, 1.807) is 0 Å². The van der Waals surface area contributed by atoms with Crippen molar-refractivity contribution in [1.29, 1.82) is 0 Å². The Bertz CT molecular complexity index is 1370. The Hall–Kier alpha value is -3.32. The van der Waals surface area contributed by atoms with Gasteiger partial charge in [0.15, 0.2) is 5.82 Å². The van der Waals surface area contributed by atoms with Crippen LogP contribution in [0, 0.1) is 13.8 Å². The van der Waals surface area contributed by atoms with Crippen LogP contribution in [-0.4, -0.2) is 36.6 Å². The van der Waals surface area contributed by atoms with Gasteiger partial charge in [-0.1, -0.05) is 55.8 Å². The van der Waals surface area contributed by atoms with Crippen molar-refractivity contribution in [3.05, 3.63) is 87.0 Å². The molecule has 0 radical (unpaired) electrons.